The molecule has 0 saturated carbocycles. The van der Waals surface area contributed by atoms with Gasteiger partial charge in [-0.15, -0.1) is 0 Å². The van der Waals surface area contributed by atoms with E-state index in [9.17, 15) is 4.79 Å². The van der Waals surface area contributed by atoms with Gasteiger partial charge in [-0.1, -0.05) is 54.3 Å². The number of ether oxygens (including phenoxy) is 1. The van der Waals surface area contributed by atoms with Crippen LogP contribution in [0.3, 0.4) is 0 Å². The summed E-state index contributed by atoms with van der Waals surface area (Å²) < 4.78 is 7.21. The number of Topliss-reactive ketones (excluding diaryl/α,β-unsaturated/α-hetero) is 1. The second-order valence-corrected chi connectivity index (χ2v) is 8.07. The number of carbonyl (C=O) groups excluding carboxylic acids is 1. The fourth-order valence-corrected chi connectivity index (χ4v) is 4.16. The summed E-state index contributed by atoms with van der Waals surface area (Å²) in [7, 11) is 3.63. The van der Waals surface area contributed by atoms with Gasteiger partial charge in [0.1, 0.15) is 5.75 Å². The predicted octanol–water partition coefficient (Wildman–Crippen LogP) is 5.61. The van der Waals surface area contributed by atoms with Crippen molar-refractivity contribution >= 4 is 29.5 Å². The van der Waals surface area contributed by atoms with Crippen LogP contribution in [0.2, 0.25) is 0 Å². The first-order chi connectivity index (χ1) is 14.6. The fraction of sp³-hybridized carbons (Fsp3) is 0.115. The van der Waals surface area contributed by atoms with Gasteiger partial charge in [0.15, 0.2) is 0 Å². The Balaban J connectivity index is 1.57. The van der Waals surface area contributed by atoms with Gasteiger partial charge in [0.25, 0.3) is 0 Å². The molecule has 0 spiro atoms. The van der Waals surface area contributed by atoms with Gasteiger partial charge in [0, 0.05) is 24.6 Å². The summed E-state index contributed by atoms with van der Waals surface area (Å²) in [6.07, 6.45) is 2.58. The highest BCUT2D eigenvalue weighted by atomic mass is 32.2. The molecule has 3 aromatic rings. The van der Waals surface area contributed by atoms with Gasteiger partial charge >= 0.3 is 0 Å². The SMILES string of the molecule is COc1ccc(CC#Cc2ccc3c(c2)C(=O)/C(=C\c2ccccc2)SN3C)cc1. The molecule has 0 amide bonds. The molecule has 0 aromatic heterocycles. The monoisotopic (exact) mass is 411 g/mol. The van der Waals surface area contributed by atoms with Crippen molar-refractivity contribution in [2.75, 3.05) is 18.5 Å². The Morgan fingerprint density at radius 1 is 1.03 bits per heavy atom. The van der Waals surface area contributed by atoms with Crippen molar-refractivity contribution in [2.24, 2.45) is 0 Å². The molecule has 148 valence electrons. The van der Waals surface area contributed by atoms with Crippen molar-refractivity contribution in [3.8, 4) is 17.6 Å². The van der Waals surface area contributed by atoms with Crippen LogP contribution < -0.4 is 9.04 Å². The number of carbonyl (C=O) groups is 1. The van der Waals surface area contributed by atoms with Gasteiger partial charge in [-0.3, -0.25) is 4.79 Å². The van der Waals surface area contributed by atoms with Gasteiger partial charge in [-0.05, 0) is 59.5 Å². The van der Waals surface area contributed by atoms with Crippen LogP contribution >= 0.6 is 11.9 Å². The van der Waals surface area contributed by atoms with E-state index in [4.69, 9.17) is 4.74 Å². The number of hydrogen-bond donors (Lipinski definition) is 0. The van der Waals surface area contributed by atoms with Crippen LogP contribution in [0.25, 0.3) is 6.08 Å². The van der Waals surface area contributed by atoms with Gasteiger partial charge in [0.2, 0.25) is 5.78 Å². The van der Waals surface area contributed by atoms with Crippen LogP contribution in [0.15, 0.2) is 77.7 Å². The third kappa shape index (κ3) is 4.42. The molecule has 0 saturated heterocycles. The highest BCUT2D eigenvalue weighted by molar-refractivity contribution is 8.05. The number of rotatable bonds is 3. The van der Waals surface area contributed by atoms with E-state index >= 15 is 0 Å². The molecule has 4 heteroatoms. The Bertz CT molecular complexity index is 1160. The Hall–Kier alpha value is -3.42. The molecule has 30 heavy (non-hydrogen) atoms. The maximum atomic E-state index is 13.1. The zero-order chi connectivity index (χ0) is 20.9. The Labute approximate surface area is 181 Å². The molecule has 3 nitrogen and oxygen atoms in total. The number of allylic oxidation sites excluding steroid dienone is 1. The molecule has 0 N–H and O–H groups in total. The van der Waals surface area contributed by atoms with E-state index in [1.54, 1.807) is 7.11 Å². The van der Waals surface area contributed by atoms with Crippen LogP contribution in [0.5, 0.6) is 5.75 Å². The summed E-state index contributed by atoms with van der Waals surface area (Å²) in [6.45, 7) is 0. The summed E-state index contributed by atoms with van der Waals surface area (Å²) in [5.41, 5.74) is 4.59. The summed E-state index contributed by atoms with van der Waals surface area (Å²) in [4.78, 5) is 13.8. The van der Waals surface area contributed by atoms with Gasteiger partial charge in [-0.25, -0.2) is 0 Å². The minimum atomic E-state index is 0.0377. The molecule has 0 aliphatic carbocycles. The van der Waals surface area contributed by atoms with Crippen molar-refractivity contribution in [1.82, 2.24) is 0 Å². The summed E-state index contributed by atoms with van der Waals surface area (Å²) in [5.74, 6) is 7.27. The highest BCUT2D eigenvalue weighted by Crippen LogP contribution is 2.39. The zero-order valence-electron chi connectivity index (χ0n) is 16.9. The normalized spacial score (nSPS) is 14.1. The quantitative estimate of drug-likeness (QED) is 0.318. The van der Waals surface area contributed by atoms with E-state index in [-0.39, 0.29) is 5.78 Å². The zero-order valence-corrected chi connectivity index (χ0v) is 17.7. The molecule has 0 radical (unpaired) electrons. The fourth-order valence-electron chi connectivity index (χ4n) is 3.23. The molecule has 1 aliphatic rings. The third-order valence-corrected chi connectivity index (χ3v) is 5.79. The van der Waals surface area contributed by atoms with E-state index < -0.39 is 0 Å². The average Bonchev–Trinajstić information content (AvgIpc) is 2.78. The Morgan fingerprint density at radius 2 is 1.80 bits per heavy atom. The van der Waals surface area contributed by atoms with Crippen molar-refractivity contribution < 1.29 is 9.53 Å². The lowest BCUT2D eigenvalue weighted by Crippen LogP contribution is -2.20. The molecule has 0 bridgehead atoms. The molecule has 0 fully saturated rings. The Morgan fingerprint density at radius 3 is 2.53 bits per heavy atom. The maximum Gasteiger partial charge on any atom is 0.203 e. The lowest BCUT2D eigenvalue weighted by atomic mass is 10.0. The van der Waals surface area contributed by atoms with Crippen LogP contribution in [-0.4, -0.2) is 19.9 Å². The minimum Gasteiger partial charge on any atom is -0.497 e. The first kappa shape index (κ1) is 19.9. The van der Waals surface area contributed by atoms with Crippen LogP contribution in [-0.2, 0) is 6.42 Å². The van der Waals surface area contributed by atoms with Crippen molar-refractivity contribution in [3.63, 3.8) is 0 Å². The number of ketones is 1. The average molecular weight is 412 g/mol. The number of nitrogens with zero attached hydrogens (tertiary/aromatic N) is 1. The van der Waals surface area contributed by atoms with E-state index in [2.05, 4.69) is 11.8 Å². The first-order valence-electron chi connectivity index (χ1n) is 9.63. The van der Waals surface area contributed by atoms with E-state index in [0.29, 0.717) is 16.9 Å². The van der Waals surface area contributed by atoms with Crippen molar-refractivity contribution in [3.05, 3.63) is 100.0 Å². The number of hydrogen-bond acceptors (Lipinski definition) is 4. The molecule has 1 aliphatic heterocycles. The molecular formula is C26H21NO2S. The van der Waals surface area contributed by atoms with E-state index in [1.807, 2.05) is 90.2 Å². The van der Waals surface area contributed by atoms with Gasteiger partial charge < -0.3 is 9.04 Å². The maximum absolute atomic E-state index is 13.1. The van der Waals surface area contributed by atoms with E-state index in [1.165, 1.54) is 11.9 Å². The number of methoxy groups -OCH3 is 1. The topological polar surface area (TPSA) is 29.5 Å². The summed E-state index contributed by atoms with van der Waals surface area (Å²) in [5, 5.41) is 0. The third-order valence-electron chi connectivity index (χ3n) is 4.82. The lowest BCUT2D eigenvalue weighted by Gasteiger charge is -2.27. The molecule has 0 atom stereocenters. The Kier molecular flexibility index (Phi) is 5.92. The smallest absolute Gasteiger partial charge is 0.203 e. The van der Waals surface area contributed by atoms with Crippen molar-refractivity contribution in [2.45, 2.75) is 6.42 Å². The number of fused-ring (bicyclic) bond motifs is 1. The molecule has 4 rings (SSSR count). The number of anilines is 1. The summed E-state index contributed by atoms with van der Waals surface area (Å²) >= 11 is 1.45. The van der Waals surface area contributed by atoms with Gasteiger partial charge in [0.05, 0.1) is 17.7 Å². The second-order valence-electron chi connectivity index (χ2n) is 6.90. The van der Waals surface area contributed by atoms with Gasteiger partial charge in [-0.2, -0.15) is 0 Å². The van der Waals surface area contributed by atoms with Crippen molar-refractivity contribution in [1.29, 1.82) is 0 Å². The largest absolute Gasteiger partial charge is 0.497 e. The molecule has 0 unspecified atom stereocenters. The summed E-state index contributed by atoms with van der Waals surface area (Å²) in [6, 6.07) is 23.6. The standard InChI is InChI=1S/C26H21NO2S/c1-27-24-16-13-21(10-6-9-19-11-14-22(29-2)15-12-19)17-23(24)26(28)25(30-27)18-20-7-4-3-5-8-20/h3-5,7-8,11-18H,9H2,1-2H3/b25-18+. The van der Waals surface area contributed by atoms with Crippen LogP contribution in [0, 0.1) is 11.8 Å². The molecule has 1 heterocycles. The predicted molar refractivity (Wildman–Crippen MR) is 125 cm³/mol. The lowest BCUT2D eigenvalue weighted by molar-refractivity contribution is 0.104. The molecule has 3 aromatic carbocycles. The minimum absolute atomic E-state index is 0.0377. The number of benzene rings is 3. The van der Waals surface area contributed by atoms with Crippen LogP contribution in [0.4, 0.5) is 5.69 Å². The highest BCUT2D eigenvalue weighted by Gasteiger charge is 2.26. The van der Waals surface area contributed by atoms with Crippen LogP contribution in [0.1, 0.15) is 27.0 Å². The first-order valence-corrected chi connectivity index (χ1v) is 10.4. The molecular weight excluding hydrogens is 390 g/mol. The van der Waals surface area contributed by atoms with E-state index in [0.717, 1.165) is 28.1 Å². The second kappa shape index (κ2) is 8.94.